The SMILES string of the molecule is Cc1noc(C)c1S(=O)(=O)N(C)Cc1ccc(Br)cc1F. The van der Waals surface area contributed by atoms with Gasteiger partial charge in [-0.3, -0.25) is 0 Å². The van der Waals surface area contributed by atoms with Crippen LogP contribution in [0.25, 0.3) is 0 Å². The van der Waals surface area contributed by atoms with Gasteiger partial charge in [-0.1, -0.05) is 27.2 Å². The van der Waals surface area contributed by atoms with Crippen LogP contribution >= 0.6 is 15.9 Å². The largest absolute Gasteiger partial charge is 0.360 e. The second-order valence-corrected chi connectivity index (χ2v) is 7.55. The summed E-state index contributed by atoms with van der Waals surface area (Å²) in [5.74, 6) is -0.249. The molecule has 0 bridgehead atoms. The first-order valence-corrected chi connectivity index (χ1v) is 8.30. The van der Waals surface area contributed by atoms with E-state index >= 15 is 0 Å². The Morgan fingerprint density at radius 2 is 2.05 bits per heavy atom. The Labute approximate surface area is 130 Å². The van der Waals surface area contributed by atoms with Crippen LogP contribution in [0.15, 0.2) is 32.1 Å². The smallest absolute Gasteiger partial charge is 0.248 e. The van der Waals surface area contributed by atoms with Crippen molar-refractivity contribution < 1.29 is 17.3 Å². The zero-order valence-electron chi connectivity index (χ0n) is 11.7. The molecule has 0 radical (unpaired) electrons. The average Bonchev–Trinajstić information content (AvgIpc) is 2.72. The standard InChI is InChI=1S/C13H14BrFN2O3S/c1-8-13(9(2)20-16-8)21(18,19)17(3)7-10-4-5-11(14)6-12(10)15/h4-6H,7H2,1-3H3. The molecular weight excluding hydrogens is 363 g/mol. The molecule has 2 rings (SSSR count). The van der Waals surface area contributed by atoms with Crippen LogP contribution in [0.5, 0.6) is 0 Å². The van der Waals surface area contributed by atoms with E-state index in [2.05, 4.69) is 21.1 Å². The van der Waals surface area contributed by atoms with Gasteiger partial charge in [0, 0.05) is 23.6 Å². The van der Waals surface area contributed by atoms with Crippen LogP contribution in [-0.2, 0) is 16.6 Å². The maximum atomic E-state index is 13.8. The fourth-order valence-electron chi connectivity index (χ4n) is 1.97. The van der Waals surface area contributed by atoms with Crippen LogP contribution in [0, 0.1) is 19.7 Å². The van der Waals surface area contributed by atoms with Gasteiger partial charge in [0.2, 0.25) is 10.0 Å². The highest BCUT2D eigenvalue weighted by atomic mass is 79.9. The molecule has 0 spiro atoms. The number of halogens is 2. The fourth-order valence-corrected chi connectivity index (χ4v) is 3.74. The summed E-state index contributed by atoms with van der Waals surface area (Å²) in [4.78, 5) is 0.0301. The van der Waals surface area contributed by atoms with Gasteiger partial charge in [-0.25, -0.2) is 12.8 Å². The molecule has 0 saturated carbocycles. The summed E-state index contributed by atoms with van der Waals surface area (Å²) in [6, 6.07) is 4.50. The van der Waals surface area contributed by atoms with Crippen LogP contribution < -0.4 is 0 Å². The first-order valence-electron chi connectivity index (χ1n) is 6.06. The first-order chi connectivity index (χ1) is 9.73. The molecule has 0 fully saturated rings. The van der Waals surface area contributed by atoms with Crippen molar-refractivity contribution in [3.8, 4) is 0 Å². The molecule has 0 aliphatic heterocycles. The lowest BCUT2D eigenvalue weighted by atomic mass is 10.2. The van der Waals surface area contributed by atoms with Crippen LogP contribution in [0.4, 0.5) is 4.39 Å². The van der Waals surface area contributed by atoms with Gasteiger partial charge in [0.25, 0.3) is 0 Å². The van der Waals surface area contributed by atoms with Crippen molar-refractivity contribution in [3.63, 3.8) is 0 Å². The van der Waals surface area contributed by atoms with Crippen molar-refractivity contribution in [1.82, 2.24) is 9.46 Å². The summed E-state index contributed by atoms with van der Waals surface area (Å²) in [6.07, 6.45) is 0. The summed E-state index contributed by atoms with van der Waals surface area (Å²) in [6.45, 7) is 3.00. The predicted octanol–water partition coefficient (Wildman–Crippen LogP) is 3.01. The van der Waals surface area contributed by atoms with Gasteiger partial charge < -0.3 is 4.52 Å². The lowest BCUT2D eigenvalue weighted by molar-refractivity contribution is 0.389. The van der Waals surface area contributed by atoms with E-state index in [0.29, 0.717) is 4.47 Å². The molecule has 21 heavy (non-hydrogen) atoms. The van der Waals surface area contributed by atoms with E-state index < -0.39 is 15.8 Å². The number of hydrogen-bond acceptors (Lipinski definition) is 4. The molecule has 2 aromatic rings. The van der Waals surface area contributed by atoms with E-state index in [4.69, 9.17) is 4.52 Å². The van der Waals surface area contributed by atoms with Crippen molar-refractivity contribution in [2.45, 2.75) is 25.3 Å². The fraction of sp³-hybridized carbons (Fsp3) is 0.308. The predicted molar refractivity (Wildman–Crippen MR) is 78.7 cm³/mol. The molecule has 0 aliphatic carbocycles. The second-order valence-electron chi connectivity index (χ2n) is 4.65. The third-order valence-electron chi connectivity index (χ3n) is 3.04. The second kappa shape index (κ2) is 5.86. The number of sulfonamides is 1. The molecule has 0 aliphatic rings. The highest BCUT2D eigenvalue weighted by Crippen LogP contribution is 2.24. The molecule has 8 heteroatoms. The monoisotopic (exact) mass is 376 g/mol. The summed E-state index contributed by atoms with van der Waals surface area (Å²) < 4.78 is 45.4. The minimum atomic E-state index is -3.78. The van der Waals surface area contributed by atoms with Crippen LogP contribution in [-0.4, -0.2) is 24.9 Å². The minimum absolute atomic E-state index is 0.0301. The highest BCUT2D eigenvalue weighted by Gasteiger charge is 2.29. The van der Waals surface area contributed by atoms with E-state index in [0.717, 1.165) is 4.31 Å². The Balaban J connectivity index is 2.33. The summed E-state index contributed by atoms with van der Waals surface area (Å²) >= 11 is 3.16. The summed E-state index contributed by atoms with van der Waals surface area (Å²) in [5, 5.41) is 3.64. The third-order valence-corrected chi connectivity index (χ3v) is 5.59. The van der Waals surface area contributed by atoms with Gasteiger partial charge >= 0.3 is 0 Å². The van der Waals surface area contributed by atoms with Crippen molar-refractivity contribution >= 4 is 26.0 Å². The molecular formula is C13H14BrFN2O3S. The number of hydrogen-bond donors (Lipinski definition) is 0. The normalized spacial score (nSPS) is 12.1. The molecule has 1 heterocycles. The van der Waals surface area contributed by atoms with Crippen LogP contribution in [0.1, 0.15) is 17.0 Å². The lowest BCUT2D eigenvalue weighted by Crippen LogP contribution is -2.27. The summed E-state index contributed by atoms with van der Waals surface area (Å²) in [7, 11) is -2.39. The molecule has 1 aromatic carbocycles. The average molecular weight is 377 g/mol. The first kappa shape index (κ1) is 16.1. The number of aryl methyl sites for hydroxylation is 2. The quantitative estimate of drug-likeness (QED) is 0.822. The Hall–Kier alpha value is -1.25. The Morgan fingerprint density at radius 3 is 2.57 bits per heavy atom. The van der Waals surface area contributed by atoms with Crippen molar-refractivity contribution in [2.75, 3.05) is 7.05 Å². The molecule has 0 atom stereocenters. The van der Waals surface area contributed by atoms with E-state index in [1.807, 2.05) is 0 Å². The van der Waals surface area contributed by atoms with Crippen LogP contribution in [0.2, 0.25) is 0 Å². The summed E-state index contributed by atoms with van der Waals surface area (Å²) in [5.41, 5.74) is 0.576. The molecule has 0 amide bonds. The van der Waals surface area contributed by atoms with Gasteiger partial charge in [-0.15, -0.1) is 0 Å². The minimum Gasteiger partial charge on any atom is -0.360 e. The van der Waals surface area contributed by atoms with Gasteiger partial charge in [-0.2, -0.15) is 4.31 Å². The third kappa shape index (κ3) is 3.17. The zero-order chi connectivity index (χ0) is 15.8. The molecule has 1 aromatic heterocycles. The topological polar surface area (TPSA) is 63.4 Å². The van der Waals surface area contributed by atoms with Crippen molar-refractivity contribution in [1.29, 1.82) is 0 Å². The van der Waals surface area contributed by atoms with Gasteiger partial charge in [0.1, 0.15) is 16.4 Å². The van der Waals surface area contributed by atoms with E-state index in [1.165, 1.54) is 20.0 Å². The number of rotatable bonds is 4. The Morgan fingerprint density at radius 1 is 1.38 bits per heavy atom. The number of nitrogens with zero attached hydrogens (tertiary/aromatic N) is 2. The molecule has 0 N–H and O–H groups in total. The zero-order valence-corrected chi connectivity index (χ0v) is 14.1. The van der Waals surface area contributed by atoms with Crippen LogP contribution in [0.3, 0.4) is 0 Å². The number of aromatic nitrogens is 1. The lowest BCUT2D eigenvalue weighted by Gasteiger charge is -2.17. The van der Waals surface area contributed by atoms with Gasteiger partial charge in [0.05, 0.1) is 0 Å². The molecule has 114 valence electrons. The molecule has 0 saturated heterocycles. The molecule has 0 unspecified atom stereocenters. The van der Waals surface area contributed by atoms with Gasteiger partial charge in [0.15, 0.2) is 5.76 Å². The van der Waals surface area contributed by atoms with Crippen molar-refractivity contribution in [2.24, 2.45) is 0 Å². The van der Waals surface area contributed by atoms with E-state index in [9.17, 15) is 12.8 Å². The van der Waals surface area contributed by atoms with E-state index in [-0.39, 0.29) is 28.5 Å². The molecule has 5 nitrogen and oxygen atoms in total. The van der Waals surface area contributed by atoms with Crippen molar-refractivity contribution in [3.05, 3.63) is 45.5 Å². The highest BCUT2D eigenvalue weighted by molar-refractivity contribution is 9.10. The van der Waals surface area contributed by atoms with Gasteiger partial charge in [-0.05, 0) is 26.0 Å². The Kier molecular flexibility index (Phi) is 4.50. The maximum absolute atomic E-state index is 13.8. The maximum Gasteiger partial charge on any atom is 0.248 e. The Bertz CT molecular complexity index is 754. The number of benzene rings is 1. The van der Waals surface area contributed by atoms with E-state index in [1.54, 1.807) is 19.1 Å².